The fourth-order valence-electron chi connectivity index (χ4n) is 8.92. The number of nitrogens with zero attached hydrogens (tertiary/aromatic N) is 2. The molecule has 276 valence electrons. The van der Waals surface area contributed by atoms with Gasteiger partial charge in [-0.25, -0.2) is 4.39 Å². The average molecular weight is 712 g/mol. The van der Waals surface area contributed by atoms with Crippen LogP contribution in [0.5, 0.6) is 0 Å². The van der Waals surface area contributed by atoms with Crippen molar-refractivity contribution in [3.05, 3.63) is 44.0 Å². The van der Waals surface area contributed by atoms with Gasteiger partial charge in [-0.2, -0.15) is 0 Å². The highest BCUT2D eigenvalue weighted by Crippen LogP contribution is 2.71. The Morgan fingerprint density at radius 1 is 1.04 bits per heavy atom. The van der Waals surface area contributed by atoms with Crippen LogP contribution in [0.3, 0.4) is 0 Å². The fraction of sp³-hybridized carbons (Fsp3) is 0.719. The lowest BCUT2D eigenvalue weighted by Gasteiger charge is -2.62. The summed E-state index contributed by atoms with van der Waals surface area (Å²) < 4.78 is 28.9. The molecule has 17 nitrogen and oxygen atoms in total. The monoisotopic (exact) mass is 711 g/mol. The van der Waals surface area contributed by atoms with Crippen LogP contribution in [0.1, 0.15) is 72.1 Å². The quantitative estimate of drug-likeness (QED) is 0.101. The number of halogens is 1. The minimum Gasteiger partial charge on any atom is -0.456 e. The number of carbonyl (C=O) groups excluding carboxylic acids is 5. The Hall–Kier alpha value is -4.48. The third-order valence-corrected chi connectivity index (χ3v) is 11.1. The molecule has 0 bridgehead atoms. The van der Waals surface area contributed by atoms with Gasteiger partial charge in [0.25, 0.3) is 10.2 Å². The molecule has 8 atom stereocenters. The summed E-state index contributed by atoms with van der Waals surface area (Å²) in [6, 6.07) is 0. The molecular weight excluding hydrogens is 669 g/mol. The Morgan fingerprint density at radius 3 is 2.32 bits per heavy atom. The van der Waals surface area contributed by atoms with Gasteiger partial charge in [0.15, 0.2) is 23.7 Å². The second-order valence-corrected chi connectivity index (χ2v) is 13.8. The summed E-state index contributed by atoms with van der Waals surface area (Å²) >= 11 is 0. The van der Waals surface area contributed by atoms with Crippen molar-refractivity contribution in [3.63, 3.8) is 0 Å². The second kappa shape index (κ2) is 14.8. The number of aliphatic hydroxyl groups excluding tert-OH is 1. The number of esters is 2. The maximum atomic E-state index is 17.7. The van der Waals surface area contributed by atoms with Crippen molar-refractivity contribution in [1.29, 1.82) is 0 Å². The molecule has 0 aromatic heterocycles. The van der Waals surface area contributed by atoms with Gasteiger partial charge in [0.1, 0.15) is 6.54 Å². The van der Waals surface area contributed by atoms with E-state index in [2.05, 4.69) is 15.0 Å². The molecule has 0 aromatic carbocycles. The van der Waals surface area contributed by atoms with Gasteiger partial charge in [-0.3, -0.25) is 24.0 Å². The Kier molecular flexibility index (Phi) is 11.3. The van der Waals surface area contributed by atoms with E-state index in [1.54, 1.807) is 20.8 Å². The summed E-state index contributed by atoms with van der Waals surface area (Å²) in [7, 11) is 0. The first-order valence-corrected chi connectivity index (χ1v) is 16.5. The smallest absolute Gasteiger partial charge is 0.325 e. The van der Waals surface area contributed by atoms with Crippen molar-refractivity contribution < 1.29 is 62.8 Å². The number of rotatable bonds is 16. The molecule has 0 radical (unpaired) electrons. The maximum Gasteiger partial charge on any atom is 0.325 e. The van der Waals surface area contributed by atoms with E-state index in [4.69, 9.17) is 9.47 Å². The predicted molar refractivity (Wildman–Crippen MR) is 165 cm³/mol. The summed E-state index contributed by atoms with van der Waals surface area (Å²) in [5.74, 6) is -5.84. The average Bonchev–Trinajstić information content (AvgIpc) is 3.26. The molecule has 4 aliphatic carbocycles. The Balaban J connectivity index is 1.56. The van der Waals surface area contributed by atoms with Gasteiger partial charge in [0.2, 0.25) is 11.7 Å². The van der Waals surface area contributed by atoms with Crippen molar-refractivity contribution in [1.82, 2.24) is 5.32 Å². The minimum absolute atomic E-state index is 0.00219. The number of aliphatic hydroxyl groups is 1. The summed E-state index contributed by atoms with van der Waals surface area (Å²) in [6.45, 7) is 2.65. The highest BCUT2D eigenvalue weighted by atomic mass is 19.1. The summed E-state index contributed by atoms with van der Waals surface area (Å²) in [5.41, 5.74) is -6.37. The zero-order valence-electron chi connectivity index (χ0n) is 28.1. The van der Waals surface area contributed by atoms with Gasteiger partial charge in [-0.1, -0.05) is 25.5 Å². The van der Waals surface area contributed by atoms with E-state index in [-0.39, 0.29) is 57.3 Å². The Labute approximate surface area is 286 Å². The molecule has 0 saturated heterocycles. The maximum absolute atomic E-state index is 17.7. The molecule has 0 aromatic rings. The molecule has 4 rings (SSSR count). The Morgan fingerprint density at radius 2 is 1.68 bits per heavy atom. The van der Waals surface area contributed by atoms with Gasteiger partial charge in [-0.15, -0.1) is 20.2 Å². The number of nitrogens with one attached hydrogen (secondary N) is 1. The van der Waals surface area contributed by atoms with Crippen molar-refractivity contribution in [2.45, 2.75) is 89.5 Å². The number of Topliss-reactive ketones (excluding diaryl/α,β-unsaturated/α-hetero) is 1. The number of carbonyl (C=O) groups is 5. The SMILES string of the molecule is C[C@H]1CC2C3CCC4=CC(=O)C=C[C@]4(C)[C@@]3(F)[C@@H](O)C[C@]2(C)[C@@]1(OC(=O)CCCO[N+](=O)[O-])C(=O)COC(=O)CNC(=O)CCCO[N+](=O)[O-]. The molecule has 0 aliphatic heterocycles. The van der Waals surface area contributed by atoms with Gasteiger partial charge >= 0.3 is 11.9 Å². The predicted octanol–water partition coefficient (Wildman–Crippen LogP) is 2.09. The number of fused-ring (bicyclic) bond motifs is 5. The van der Waals surface area contributed by atoms with E-state index < -0.39 is 99.5 Å². The van der Waals surface area contributed by atoms with Crippen LogP contribution in [0, 0.1) is 48.8 Å². The van der Waals surface area contributed by atoms with E-state index >= 15 is 4.39 Å². The summed E-state index contributed by atoms with van der Waals surface area (Å²) in [6.07, 6.45) is 2.29. The minimum atomic E-state index is -2.23. The molecule has 18 heteroatoms. The molecule has 3 fully saturated rings. The highest BCUT2D eigenvalue weighted by Gasteiger charge is 2.77. The molecule has 0 spiro atoms. The lowest BCUT2D eigenvalue weighted by atomic mass is 9.44. The van der Waals surface area contributed by atoms with Crippen molar-refractivity contribution in [2.75, 3.05) is 26.4 Å². The number of amides is 1. The molecule has 4 aliphatic rings. The van der Waals surface area contributed by atoms with Gasteiger partial charge in [-0.05, 0) is 63.5 Å². The molecule has 2 unspecified atom stereocenters. The molecule has 0 heterocycles. The summed E-state index contributed by atoms with van der Waals surface area (Å²) in [5, 5.41) is 32.8. The zero-order chi connectivity index (χ0) is 37.1. The zero-order valence-corrected chi connectivity index (χ0v) is 28.1. The fourth-order valence-corrected chi connectivity index (χ4v) is 8.92. The molecular formula is C32H42FN3O14. The third-order valence-electron chi connectivity index (χ3n) is 11.1. The lowest BCUT2D eigenvalue weighted by molar-refractivity contribution is -0.757. The number of alkyl halides is 1. The molecule has 1 amide bonds. The number of hydrogen-bond acceptors (Lipinski definition) is 14. The van der Waals surface area contributed by atoms with Gasteiger partial charge in [0, 0.05) is 35.5 Å². The first kappa shape index (κ1) is 38.3. The van der Waals surface area contributed by atoms with Crippen LogP contribution >= 0.6 is 0 Å². The van der Waals surface area contributed by atoms with E-state index in [1.165, 1.54) is 18.2 Å². The van der Waals surface area contributed by atoms with Crippen molar-refractivity contribution in [3.8, 4) is 0 Å². The standard InChI is InChI=1S/C32H42FN3O14/c1-19-14-23-22-9-8-20-15-21(37)10-11-29(20,2)31(22,33)24(38)16-30(23,3)32(19,50-27(41)7-5-13-49-36(45)46)25(39)18-47-28(42)17-34-26(40)6-4-12-48-35(43)44/h10-11,15,19,22-24,38H,4-9,12-14,16-18H2,1-3H3,(H,34,40)/t19-,22?,23?,24-,29-,30-,31-,32-/m0/s1. The molecule has 50 heavy (non-hydrogen) atoms. The van der Waals surface area contributed by atoms with E-state index in [0.29, 0.717) is 12.0 Å². The van der Waals surface area contributed by atoms with E-state index in [9.17, 15) is 49.3 Å². The van der Waals surface area contributed by atoms with Crippen LogP contribution in [0.25, 0.3) is 0 Å². The van der Waals surface area contributed by atoms with Crippen LogP contribution in [0.15, 0.2) is 23.8 Å². The summed E-state index contributed by atoms with van der Waals surface area (Å²) in [4.78, 5) is 93.5. The lowest BCUT2D eigenvalue weighted by Crippen LogP contribution is -2.70. The highest BCUT2D eigenvalue weighted by molar-refractivity contribution is 6.01. The number of allylic oxidation sites excluding steroid dienone is 4. The van der Waals surface area contributed by atoms with Crippen LogP contribution < -0.4 is 5.32 Å². The first-order valence-electron chi connectivity index (χ1n) is 16.5. The number of ether oxygens (including phenoxy) is 2. The molecule has 2 N–H and O–H groups in total. The van der Waals surface area contributed by atoms with E-state index in [1.807, 2.05) is 0 Å². The van der Waals surface area contributed by atoms with E-state index in [0.717, 1.165) is 0 Å². The van der Waals surface area contributed by atoms with Crippen molar-refractivity contribution in [2.24, 2.45) is 28.6 Å². The Bertz CT molecular complexity index is 1490. The third kappa shape index (κ3) is 6.93. The normalized spacial score (nSPS) is 33.9. The van der Waals surface area contributed by atoms with Gasteiger partial charge < -0.3 is 29.6 Å². The first-order chi connectivity index (χ1) is 23.4. The van der Waals surface area contributed by atoms with Crippen molar-refractivity contribution >= 4 is 29.4 Å². The number of hydrogen-bond donors (Lipinski definition) is 2. The van der Waals surface area contributed by atoms with Gasteiger partial charge in [0.05, 0.1) is 19.3 Å². The largest absolute Gasteiger partial charge is 0.456 e. The van der Waals surface area contributed by atoms with Crippen LogP contribution in [-0.2, 0) is 43.1 Å². The molecule has 3 saturated carbocycles. The second-order valence-electron chi connectivity index (χ2n) is 13.8. The topological polar surface area (TPSA) is 241 Å². The van der Waals surface area contributed by atoms with Crippen LogP contribution in [-0.4, -0.2) is 88.4 Å². The van der Waals surface area contributed by atoms with Crippen LogP contribution in [0.4, 0.5) is 4.39 Å². The number of ketones is 2. The van der Waals surface area contributed by atoms with Crippen LogP contribution in [0.2, 0.25) is 0 Å².